The molecule has 9 heteroatoms. The van der Waals surface area contributed by atoms with Crippen molar-refractivity contribution in [3.05, 3.63) is 48.0 Å². The second kappa shape index (κ2) is 8.61. The molecule has 1 fully saturated rings. The number of benzene rings is 1. The Morgan fingerprint density at radius 3 is 2.79 bits per heavy atom. The Kier molecular flexibility index (Phi) is 5.78. The number of aromatic nitrogens is 2. The maximum absolute atomic E-state index is 12.6. The number of ether oxygens (including phenoxy) is 1. The molecule has 1 aromatic heterocycles. The van der Waals surface area contributed by atoms with Crippen LogP contribution in [0, 0.1) is 5.92 Å². The molecule has 8 nitrogen and oxygen atoms in total. The molecule has 5 rings (SSSR count). The highest BCUT2D eigenvalue weighted by molar-refractivity contribution is 7.85. The summed E-state index contributed by atoms with van der Waals surface area (Å²) in [7, 11) is -1.12. The molecule has 0 bridgehead atoms. The van der Waals surface area contributed by atoms with Crippen LogP contribution in [-0.2, 0) is 27.6 Å². The standard InChI is InChI=1S/C24H31N5O3S/c1-15(2)20(14-30)26-22-21-19(8-13-33(21)31)27-23(28-22)29-11-9-24(10-12-29)17-6-4-5-7-18(17)25-16(3)32-24/h4-7,15,20,25,30H,3,8-14H2,1-2H3,(H,26,27,28)/t20-,33?/m0/s1. The molecule has 3 N–H and O–H groups in total. The van der Waals surface area contributed by atoms with Gasteiger partial charge in [0.05, 0.1) is 29.1 Å². The fourth-order valence-corrected chi connectivity index (χ4v) is 6.23. The summed E-state index contributed by atoms with van der Waals surface area (Å²) in [6, 6.07) is 8.07. The van der Waals surface area contributed by atoms with Gasteiger partial charge in [0.1, 0.15) is 16.3 Å². The summed E-state index contributed by atoms with van der Waals surface area (Å²) in [5, 5.41) is 16.4. The zero-order valence-corrected chi connectivity index (χ0v) is 20.0. The van der Waals surface area contributed by atoms with E-state index in [1.165, 1.54) is 0 Å². The third-order valence-electron chi connectivity index (χ3n) is 6.86. The number of anilines is 3. The average molecular weight is 470 g/mol. The predicted octanol–water partition coefficient (Wildman–Crippen LogP) is 2.98. The van der Waals surface area contributed by atoms with Crippen LogP contribution in [-0.4, -0.2) is 50.8 Å². The number of piperidine rings is 1. The number of para-hydroxylation sites is 1. The van der Waals surface area contributed by atoms with Crippen LogP contribution >= 0.6 is 0 Å². The number of aliphatic hydroxyl groups is 1. The largest absolute Gasteiger partial charge is 0.468 e. The minimum atomic E-state index is -1.12. The Labute approximate surface area is 196 Å². The van der Waals surface area contributed by atoms with Gasteiger partial charge in [-0.1, -0.05) is 32.0 Å². The highest BCUT2D eigenvalue weighted by Crippen LogP contribution is 2.45. The molecule has 1 unspecified atom stereocenters. The summed E-state index contributed by atoms with van der Waals surface area (Å²) < 4.78 is 18.9. The van der Waals surface area contributed by atoms with E-state index in [1.54, 1.807) is 0 Å². The summed E-state index contributed by atoms with van der Waals surface area (Å²) in [6.07, 6.45) is 2.24. The van der Waals surface area contributed by atoms with E-state index in [9.17, 15) is 9.32 Å². The molecular weight excluding hydrogens is 438 g/mol. The van der Waals surface area contributed by atoms with Crippen LogP contribution in [0.1, 0.15) is 37.9 Å². The van der Waals surface area contributed by atoms with Crippen molar-refractivity contribution in [3.63, 3.8) is 0 Å². The fraction of sp³-hybridized carbons (Fsp3) is 0.500. The molecule has 1 saturated heterocycles. The zero-order chi connectivity index (χ0) is 23.2. The number of hydrogen-bond acceptors (Lipinski definition) is 8. The van der Waals surface area contributed by atoms with E-state index in [1.807, 2.05) is 26.0 Å². The zero-order valence-electron chi connectivity index (χ0n) is 19.1. The van der Waals surface area contributed by atoms with Gasteiger partial charge in [-0.2, -0.15) is 4.98 Å². The molecule has 3 aliphatic heterocycles. The van der Waals surface area contributed by atoms with Crippen molar-refractivity contribution in [2.24, 2.45) is 5.92 Å². The SMILES string of the molecule is C=C1Nc2ccccc2C2(CCN(c3nc4c(c(N[C@@H](CO)C(C)C)n3)S(=O)CC4)CC2)O1. The lowest BCUT2D eigenvalue weighted by Gasteiger charge is -2.45. The minimum absolute atomic E-state index is 0.0146. The van der Waals surface area contributed by atoms with Crippen LogP contribution in [0.15, 0.2) is 41.6 Å². The monoisotopic (exact) mass is 469 g/mol. The van der Waals surface area contributed by atoms with E-state index < -0.39 is 16.4 Å². The lowest BCUT2D eigenvalue weighted by Crippen LogP contribution is -2.47. The van der Waals surface area contributed by atoms with E-state index in [0.29, 0.717) is 34.7 Å². The fourth-order valence-electron chi connectivity index (χ4n) is 4.92. The van der Waals surface area contributed by atoms with Crippen molar-refractivity contribution in [1.29, 1.82) is 0 Å². The molecule has 0 amide bonds. The van der Waals surface area contributed by atoms with E-state index >= 15 is 0 Å². The van der Waals surface area contributed by atoms with Gasteiger partial charge in [-0.25, -0.2) is 4.98 Å². The Bertz CT molecular complexity index is 1100. The first-order valence-corrected chi connectivity index (χ1v) is 12.9. The smallest absolute Gasteiger partial charge is 0.227 e. The molecule has 2 atom stereocenters. The van der Waals surface area contributed by atoms with E-state index in [0.717, 1.165) is 42.9 Å². The van der Waals surface area contributed by atoms with Crippen LogP contribution in [0.5, 0.6) is 0 Å². The second-order valence-electron chi connectivity index (χ2n) is 9.30. The molecule has 176 valence electrons. The van der Waals surface area contributed by atoms with Crippen molar-refractivity contribution < 1.29 is 14.1 Å². The van der Waals surface area contributed by atoms with Crippen LogP contribution in [0.25, 0.3) is 0 Å². The number of rotatable bonds is 5. The van der Waals surface area contributed by atoms with Crippen molar-refractivity contribution >= 4 is 28.3 Å². The molecule has 2 aromatic rings. The lowest BCUT2D eigenvalue weighted by atomic mass is 9.82. The van der Waals surface area contributed by atoms with Gasteiger partial charge < -0.3 is 25.4 Å². The molecule has 3 aliphatic rings. The van der Waals surface area contributed by atoms with Gasteiger partial charge in [0.15, 0.2) is 5.88 Å². The topological polar surface area (TPSA) is 99.6 Å². The summed E-state index contributed by atoms with van der Waals surface area (Å²) in [5.41, 5.74) is 2.65. The van der Waals surface area contributed by atoms with Gasteiger partial charge in [0, 0.05) is 49.4 Å². The molecule has 1 aromatic carbocycles. The molecule has 1 spiro atoms. The van der Waals surface area contributed by atoms with Crippen molar-refractivity contribution in [2.45, 2.75) is 49.6 Å². The number of nitrogens with one attached hydrogen (secondary N) is 2. The Hall–Kier alpha value is -2.65. The van der Waals surface area contributed by atoms with Crippen LogP contribution in [0.3, 0.4) is 0 Å². The number of nitrogens with zero attached hydrogens (tertiary/aromatic N) is 3. The van der Waals surface area contributed by atoms with Gasteiger partial charge in [-0.05, 0) is 18.6 Å². The quantitative estimate of drug-likeness (QED) is 0.615. The van der Waals surface area contributed by atoms with Gasteiger partial charge >= 0.3 is 0 Å². The second-order valence-corrected chi connectivity index (χ2v) is 10.8. The third-order valence-corrected chi connectivity index (χ3v) is 8.32. The molecule has 4 heterocycles. The highest BCUT2D eigenvalue weighted by Gasteiger charge is 2.43. The first kappa shape index (κ1) is 22.2. The van der Waals surface area contributed by atoms with E-state index in [-0.39, 0.29) is 18.6 Å². The molecule has 0 radical (unpaired) electrons. The maximum atomic E-state index is 12.6. The molecule has 0 aliphatic carbocycles. The van der Waals surface area contributed by atoms with Crippen LogP contribution < -0.4 is 15.5 Å². The van der Waals surface area contributed by atoms with Gasteiger partial charge in [0.25, 0.3) is 0 Å². The number of aryl methyl sites for hydroxylation is 1. The van der Waals surface area contributed by atoms with E-state index in [4.69, 9.17) is 14.7 Å². The average Bonchev–Trinajstić information content (AvgIpc) is 3.18. The van der Waals surface area contributed by atoms with Gasteiger partial charge in [-0.15, -0.1) is 0 Å². The van der Waals surface area contributed by atoms with Crippen molar-refractivity contribution in [2.75, 3.05) is 41.0 Å². The number of aliphatic hydroxyl groups excluding tert-OH is 1. The van der Waals surface area contributed by atoms with Crippen molar-refractivity contribution in [3.8, 4) is 0 Å². The molecule has 33 heavy (non-hydrogen) atoms. The maximum Gasteiger partial charge on any atom is 0.227 e. The Morgan fingerprint density at radius 2 is 2.06 bits per heavy atom. The van der Waals surface area contributed by atoms with E-state index in [2.05, 4.69) is 34.2 Å². The molecule has 0 saturated carbocycles. The summed E-state index contributed by atoms with van der Waals surface area (Å²) in [6.45, 7) is 9.56. The van der Waals surface area contributed by atoms with Crippen LogP contribution in [0.4, 0.5) is 17.5 Å². The normalized spacial score (nSPS) is 21.9. The Morgan fingerprint density at radius 1 is 1.30 bits per heavy atom. The lowest BCUT2D eigenvalue weighted by molar-refractivity contribution is -0.0257. The number of hydrogen-bond donors (Lipinski definition) is 3. The predicted molar refractivity (Wildman–Crippen MR) is 130 cm³/mol. The first-order valence-electron chi connectivity index (χ1n) is 11.6. The van der Waals surface area contributed by atoms with Gasteiger partial charge in [0.2, 0.25) is 5.95 Å². The van der Waals surface area contributed by atoms with Gasteiger partial charge in [-0.3, -0.25) is 4.21 Å². The summed E-state index contributed by atoms with van der Waals surface area (Å²) in [4.78, 5) is 12.5. The third kappa shape index (κ3) is 3.97. The van der Waals surface area contributed by atoms with Crippen LogP contribution in [0.2, 0.25) is 0 Å². The first-order chi connectivity index (χ1) is 15.9. The summed E-state index contributed by atoms with van der Waals surface area (Å²) >= 11 is 0. The minimum Gasteiger partial charge on any atom is -0.468 e. The number of fused-ring (bicyclic) bond motifs is 3. The highest BCUT2D eigenvalue weighted by atomic mass is 32.2. The molecular formula is C24H31N5O3S. The summed E-state index contributed by atoms with van der Waals surface area (Å²) in [5.74, 6) is 2.59. The Balaban J connectivity index is 1.42. The van der Waals surface area contributed by atoms with Crippen molar-refractivity contribution in [1.82, 2.24) is 9.97 Å².